The molecule has 0 aliphatic carbocycles. The molecule has 0 aromatic heterocycles. The van der Waals surface area contributed by atoms with Crippen molar-refractivity contribution < 1.29 is 14.4 Å². The summed E-state index contributed by atoms with van der Waals surface area (Å²) in [5, 5.41) is 3.12. The first-order valence-corrected chi connectivity index (χ1v) is 9.93. The first-order valence-electron chi connectivity index (χ1n) is 9.93. The van der Waals surface area contributed by atoms with E-state index in [0.717, 1.165) is 22.4 Å². The van der Waals surface area contributed by atoms with Gasteiger partial charge in [0.2, 0.25) is 0 Å². The van der Waals surface area contributed by atoms with E-state index in [9.17, 15) is 4.79 Å². The quantitative estimate of drug-likeness (QED) is 0.670. The fourth-order valence-electron chi connectivity index (χ4n) is 3.70. The molecule has 7 nitrogen and oxygen atoms in total. The van der Waals surface area contributed by atoms with Crippen molar-refractivity contribution >= 4 is 11.7 Å². The Morgan fingerprint density at radius 1 is 0.968 bits per heavy atom. The van der Waals surface area contributed by atoms with Gasteiger partial charge in [-0.1, -0.05) is 48.1 Å². The fourth-order valence-corrected chi connectivity index (χ4v) is 3.70. The van der Waals surface area contributed by atoms with Crippen molar-refractivity contribution in [3.8, 4) is 5.75 Å². The lowest BCUT2D eigenvalue weighted by atomic mass is 10.0. The second-order valence-corrected chi connectivity index (χ2v) is 7.17. The van der Waals surface area contributed by atoms with E-state index in [4.69, 9.17) is 19.6 Å². The van der Waals surface area contributed by atoms with Crippen LogP contribution in [0.4, 0.5) is 5.69 Å². The summed E-state index contributed by atoms with van der Waals surface area (Å²) in [6, 6.07) is 24.8. The molecule has 1 N–H and O–H groups in total. The Kier molecular flexibility index (Phi) is 4.93. The van der Waals surface area contributed by atoms with E-state index in [1.165, 1.54) is 0 Å². The number of hydrazine groups is 1. The first kappa shape index (κ1) is 19.0. The Hall–Kier alpha value is -3.97. The average molecular weight is 412 g/mol. The lowest BCUT2D eigenvalue weighted by Crippen LogP contribution is -2.29. The van der Waals surface area contributed by atoms with Crippen LogP contribution in [-0.4, -0.2) is 13.1 Å². The Labute approximate surface area is 178 Å². The summed E-state index contributed by atoms with van der Waals surface area (Å²) in [7, 11) is 1.64. The molecule has 154 valence electrons. The van der Waals surface area contributed by atoms with Crippen LogP contribution in [0.15, 0.2) is 100 Å². The number of methoxy groups -OCH3 is 1. The number of para-hydroxylation sites is 3. The maximum atomic E-state index is 12.7. The summed E-state index contributed by atoms with van der Waals surface area (Å²) in [5.74, 6) is 0.301. The van der Waals surface area contributed by atoms with Gasteiger partial charge >= 0.3 is 5.97 Å². The van der Waals surface area contributed by atoms with Crippen molar-refractivity contribution in [2.24, 2.45) is 9.98 Å². The molecule has 0 spiro atoms. The number of nitrogens with zero attached hydrogens (tertiary/aromatic N) is 3. The number of carbonyl (C=O) groups is 1. The summed E-state index contributed by atoms with van der Waals surface area (Å²) in [6.07, 6.45) is 0.441. The van der Waals surface area contributed by atoms with Crippen LogP contribution in [0, 0.1) is 0 Å². The van der Waals surface area contributed by atoms with Crippen LogP contribution in [0.2, 0.25) is 0 Å². The second-order valence-electron chi connectivity index (χ2n) is 7.17. The summed E-state index contributed by atoms with van der Waals surface area (Å²) in [6.45, 7) is 0. The zero-order valence-electron chi connectivity index (χ0n) is 16.9. The van der Waals surface area contributed by atoms with Gasteiger partial charge in [0, 0.05) is 6.42 Å². The molecule has 1 fully saturated rings. The number of fused-ring (bicyclic) bond motifs is 1. The summed E-state index contributed by atoms with van der Waals surface area (Å²) < 4.78 is 5.28. The second kappa shape index (κ2) is 8.04. The molecule has 0 amide bonds. The lowest BCUT2D eigenvalue weighted by Gasteiger charge is -2.18. The Morgan fingerprint density at radius 3 is 2.42 bits per heavy atom. The minimum absolute atomic E-state index is 0.216. The largest absolute Gasteiger partial charge is 0.497 e. The highest BCUT2D eigenvalue weighted by Crippen LogP contribution is 2.32. The standard InChI is InChI=1S/C24H20N4O3/c1-30-18-13-11-16(12-14-18)21-15-22(26-20-10-6-5-9-19(20)25-21)23-24(29)31-27-28(23)17-7-3-2-4-8-17/h2-14,21,27H,15H2,1H3. The van der Waals surface area contributed by atoms with Crippen LogP contribution in [0.3, 0.4) is 0 Å². The minimum atomic E-state index is -0.476. The predicted octanol–water partition coefficient (Wildman–Crippen LogP) is 2.77. The number of benzene rings is 3. The van der Waals surface area contributed by atoms with Crippen molar-refractivity contribution in [3.05, 3.63) is 107 Å². The van der Waals surface area contributed by atoms with Crippen LogP contribution in [-0.2, 0) is 9.63 Å². The highest BCUT2D eigenvalue weighted by atomic mass is 16.7. The van der Waals surface area contributed by atoms with Gasteiger partial charge in [-0.3, -0.25) is 4.99 Å². The lowest BCUT2D eigenvalue weighted by molar-refractivity contribution is -0.140. The van der Waals surface area contributed by atoms with Crippen molar-refractivity contribution in [3.63, 3.8) is 0 Å². The molecule has 1 unspecified atom stereocenters. The maximum Gasteiger partial charge on any atom is 0.378 e. The molecule has 1 saturated heterocycles. The van der Waals surface area contributed by atoms with Gasteiger partial charge in [-0.15, -0.1) is 0 Å². The van der Waals surface area contributed by atoms with E-state index in [1.807, 2.05) is 78.9 Å². The smallest absolute Gasteiger partial charge is 0.378 e. The number of hydrogen-bond donors (Lipinski definition) is 1. The van der Waals surface area contributed by atoms with Gasteiger partial charge in [0.25, 0.3) is 0 Å². The number of carbonyl (C=O) groups excluding carboxylic acids is 1. The van der Waals surface area contributed by atoms with Gasteiger partial charge in [-0.2, -0.15) is 0 Å². The van der Waals surface area contributed by atoms with Crippen molar-refractivity contribution in [1.29, 1.82) is 0 Å². The molecule has 0 bridgehead atoms. The Bertz CT molecular complexity index is 1270. The highest BCUT2D eigenvalue weighted by molar-refractivity contribution is 5.95. The molecule has 2 heterocycles. The zero-order chi connectivity index (χ0) is 21.2. The third-order valence-corrected chi connectivity index (χ3v) is 5.25. The van der Waals surface area contributed by atoms with Crippen molar-refractivity contribution in [1.82, 2.24) is 5.59 Å². The summed E-state index contributed by atoms with van der Waals surface area (Å²) in [5.41, 5.74) is 5.46. The number of nitrogens with one attached hydrogen (secondary N) is 1. The third kappa shape index (κ3) is 3.67. The van der Waals surface area contributed by atoms with Crippen LogP contribution in [0.5, 0.6) is 5.75 Å². The van der Waals surface area contributed by atoms with Crippen molar-refractivity contribution in [2.75, 3.05) is 12.1 Å². The minimum Gasteiger partial charge on any atom is -0.497 e. The maximum absolute atomic E-state index is 12.7. The van der Waals surface area contributed by atoms with Gasteiger partial charge in [0.15, 0.2) is 5.70 Å². The molecular formula is C24H20N4O3. The van der Waals surface area contributed by atoms with Gasteiger partial charge < -0.3 is 9.57 Å². The summed E-state index contributed by atoms with van der Waals surface area (Å²) in [4.78, 5) is 27.7. The van der Waals surface area contributed by atoms with Crippen LogP contribution >= 0.6 is 0 Å². The molecule has 2 aliphatic heterocycles. The normalized spacial score (nSPS) is 20.2. The van der Waals surface area contributed by atoms with Crippen molar-refractivity contribution in [2.45, 2.75) is 12.5 Å². The molecule has 3 aromatic rings. The van der Waals surface area contributed by atoms with E-state index in [1.54, 1.807) is 12.1 Å². The Morgan fingerprint density at radius 2 is 1.68 bits per heavy atom. The van der Waals surface area contributed by atoms with E-state index in [2.05, 4.69) is 5.59 Å². The molecule has 1 atom stereocenters. The van der Waals surface area contributed by atoms with Gasteiger partial charge in [-0.25, -0.2) is 14.8 Å². The van der Waals surface area contributed by atoms with E-state index in [0.29, 0.717) is 23.2 Å². The predicted molar refractivity (Wildman–Crippen MR) is 114 cm³/mol. The van der Waals surface area contributed by atoms with Crippen LogP contribution < -0.4 is 26.0 Å². The molecule has 2 aliphatic rings. The fraction of sp³-hybridized carbons (Fsp3) is 0.125. The summed E-state index contributed by atoms with van der Waals surface area (Å²) >= 11 is 0. The molecule has 0 saturated carbocycles. The monoisotopic (exact) mass is 412 g/mol. The number of ether oxygens (including phenoxy) is 1. The molecular weight excluding hydrogens is 392 g/mol. The highest BCUT2D eigenvalue weighted by Gasteiger charge is 2.34. The van der Waals surface area contributed by atoms with Crippen LogP contribution in [0.25, 0.3) is 0 Å². The zero-order valence-corrected chi connectivity index (χ0v) is 16.9. The molecule has 5 rings (SSSR count). The van der Waals surface area contributed by atoms with E-state index >= 15 is 0 Å². The van der Waals surface area contributed by atoms with E-state index < -0.39 is 5.97 Å². The molecule has 3 aromatic carbocycles. The van der Waals surface area contributed by atoms with Gasteiger partial charge in [0.05, 0.1) is 35.3 Å². The molecule has 7 heteroatoms. The third-order valence-electron chi connectivity index (χ3n) is 5.25. The van der Waals surface area contributed by atoms with E-state index in [-0.39, 0.29) is 6.04 Å². The number of hydrogen-bond acceptors (Lipinski definition) is 7. The average Bonchev–Trinajstić information content (AvgIpc) is 3.10. The number of rotatable bonds is 3. The molecule has 0 radical (unpaired) electrons. The topological polar surface area (TPSA) is 75.5 Å². The first-order chi connectivity index (χ1) is 15.2. The molecule has 31 heavy (non-hydrogen) atoms. The van der Waals surface area contributed by atoms with Gasteiger partial charge in [0.1, 0.15) is 5.75 Å². The Balaban J connectivity index is 1.67. The van der Waals surface area contributed by atoms with Crippen LogP contribution in [0.1, 0.15) is 18.0 Å². The van der Waals surface area contributed by atoms with Gasteiger partial charge in [-0.05, 0) is 42.0 Å². The number of anilines is 1. The SMILES string of the molecule is COc1ccc(C2CC(=C3C(=O)ONN3c3ccccc3)N=c3ccccc3=N2)cc1.